The monoisotopic (exact) mass is 486 g/mol. The lowest BCUT2D eigenvalue weighted by molar-refractivity contribution is -0.110. The summed E-state index contributed by atoms with van der Waals surface area (Å²) in [6.45, 7) is 3.70. The fraction of sp³-hybridized carbons (Fsp3) is 0.143. The second-order valence-electron chi connectivity index (χ2n) is 7.21. The summed E-state index contributed by atoms with van der Waals surface area (Å²) in [5, 5.41) is 7.06. The Balaban J connectivity index is 1.91. The number of amides is 1. The van der Waals surface area contributed by atoms with Crippen LogP contribution >= 0.6 is 15.9 Å². The molecule has 154 valence electrons. The van der Waals surface area contributed by atoms with E-state index >= 15 is 0 Å². The van der Waals surface area contributed by atoms with Crippen LogP contribution in [0.15, 0.2) is 63.7 Å². The van der Waals surface area contributed by atoms with E-state index in [4.69, 9.17) is 0 Å². The molecular formula is C21H19BrN4O3S. The zero-order chi connectivity index (χ0) is 21.6. The number of aryl methyl sites for hydroxylation is 1. The van der Waals surface area contributed by atoms with Gasteiger partial charge in [0.2, 0.25) is 0 Å². The molecule has 0 saturated heterocycles. The first-order chi connectivity index (χ1) is 14.2. The lowest BCUT2D eigenvalue weighted by atomic mass is 9.98. The van der Waals surface area contributed by atoms with Crippen LogP contribution in [0.1, 0.15) is 19.4 Å². The molecule has 0 radical (unpaired) electrons. The van der Waals surface area contributed by atoms with Crippen molar-refractivity contribution < 1.29 is 13.2 Å². The first-order valence-electron chi connectivity index (χ1n) is 9.11. The molecule has 30 heavy (non-hydrogen) atoms. The summed E-state index contributed by atoms with van der Waals surface area (Å²) in [6.07, 6.45) is 3.44. The number of carbonyl (C=O) groups is 1. The van der Waals surface area contributed by atoms with Gasteiger partial charge in [-0.25, -0.2) is 8.42 Å². The minimum Gasteiger partial charge on any atom is -0.321 e. The number of nitrogens with zero attached hydrogens (tertiary/aromatic N) is 2. The largest absolute Gasteiger partial charge is 0.321 e. The predicted octanol–water partition coefficient (Wildman–Crippen LogP) is 4.40. The molecule has 2 aromatic carbocycles. The van der Waals surface area contributed by atoms with E-state index < -0.39 is 10.0 Å². The van der Waals surface area contributed by atoms with Gasteiger partial charge in [0.1, 0.15) is 4.90 Å². The van der Waals surface area contributed by atoms with Gasteiger partial charge in [-0.15, -0.1) is 0 Å². The lowest BCUT2D eigenvalue weighted by Crippen LogP contribution is -2.14. The number of sulfonamides is 1. The third-order valence-electron chi connectivity index (χ3n) is 4.79. The Labute approximate surface area is 183 Å². The van der Waals surface area contributed by atoms with Crippen LogP contribution < -0.4 is 10.0 Å². The molecule has 1 amide bonds. The van der Waals surface area contributed by atoms with Crippen LogP contribution in [0.5, 0.6) is 0 Å². The smallest absolute Gasteiger partial charge is 0.263 e. The van der Waals surface area contributed by atoms with Crippen molar-refractivity contribution in [2.75, 3.05) is 10.0 Å². The molecule has 0 spiro atoms. The minimum atomic E-state index is -3.88. The number of anilines is 2. The van der Waals surface area contributed by atoms with E-state index in [1.165, 1.54) is 6.07 Å². The number of fused-ring (bicyclic) bond motifs is 1. The Morgan fingerprint density at radius 2 is 1.90 bits per heavy atom. The number of halogens is 1. The topological polar surface area (TPSA) is 93.1 Å². The molecule has 3 aromatic rings. The highest BCUT2D eigenvalue weighted by Gasteiger charge is 2.29. The first-order valence-corrected chi connectivity index (χ1v) is 11.4. The van der Waals surface area contributed by atoms with Gasteiger partial charge in [-0.05, 0) is 54.0 Å². The maximum atomic E-state index is 13.1. The van der Waals surface area contributed by atoms with Crippen LogP contribution in [0, 0.1) is 0 Å². The Morgan fingerprint density at radius 1 is 1.17 bits per heavy atom. The number of hydrogen-bond acceptors (Lipinski definition) is 4. The molecule has 2 N–H and O–H groups in total. The van der Waals surface area contributed by atoms with Gasteiger partial charge in [-0.2, -0.15) is 5.10 Å². The van der Waals surface area contributed by atoms with E-state index in [1.807, 2.05) is 13.8 Å². The van der Waals surface area contributed by atoms with Gasteiger partial charge in [0.15, 0.2) is 0 Å². The lowest BCUT2D eigenvalue weighted by Gasteiger charge is -2.15. The van der Waals surface area contributed by atoms with Gasteiger partial charge in [-0.3, -0.25) is 14.2 Å². The van der Waals surface area contributed by atoms with Gasteiger partial charge < -0.3 is 5.32 Å². The van der Waals surface area contributed by atoms with Crippen molar-refractivity contribution in [2.24, 2.45) is 7.05 Å². The maximum Gasteiger partial charge on any atom is 0.263 e. The van der Waals surface area contributed by atoms with Crippen molar-refractivity contribution in [3.63, 3.8) is 0 Å². The number of hydrogen-bond donors (Lipinski definition) is 2. The molecule has 0 atom stereocenters. The highest BCUT2D eigenvalue weighted by Crippen LogP contribution is 2.41. The van der Waals surface area contributed by atoms with Crippen molar-refractivity contribution in [3.05, 3.63) is 64.4 Å². The molecule has 1 aliphatic heterocycles. The quantitative estimate of drug-likeness (QED) is 0.534. The van der Waals surface area contributed by atoms with Crippen LogP contribution in [0.4, 0.5) is 11.4 Å². The molecule has 0 saturated carbocycles. The Kier molecular flexibility index (Phi) is 5.03. The first kappa shape index (κ1) is 20.4. The summed E-state index contributed by atoms with van der Waals surface area (Å²) >= 11 is 3.30. The summed E-state index contributed by atoms with van der Waals surface area (Å²) in [5.74, 6) is -0.201. The fourth-order valence-electron chi connectivity index (χ4n) is 3.46. The molecule has 4 rings (SSSR count). The van der Waals surface area contributed by atoms with E-state index in [0.717, 1.165) is 11.1 Å². The van der Waals surface area contributed by atoms with Crippen LogP contribution in [0.25, 0.3) is 16.7 Å². The summed E-state index contributed by atoms with van der Waals surface area (Å²) in [5.41, 5.74) is 4.41. The third kappa shape index (κ3) is 3.54. The number of rotatable bonds is 4. The van der Waals surface area contributed by atoms with E-state index in [0.29, 0.717) is 32.5 Å². The van der Waals surface area contributed by atoms with E-state index in [9.17, 15) is 13.2 Å². The SMILES string of the molecule is CC(C)=C1C(=O)Nc2cc(-c3cnn(C)c3)c(NS(=O)(=O)c3ccccc3Br)cc21. The second-order valence-corrected chi connectivity index (χ2v) is 9.72. The van der Waals surface area contributed by atoms with E-state index in [2.05, 4.69) is 31.1 Å². The van der Waals surface area contributed by atoms with Crippen molar-refractivity contribution in [2.45, 2.75) is 18.7 Å². The fourth-order valence-corrected chi connectivity index (χ4v) is 5.53. The van der Waals surface area contributed by atoms with E-state index in [1.54, 1.807) is 54.5 Å². The molecule has 2 heterocycles. The zero-order valence-electron chi connectivity index (χ0n) is 16.5. The summed E-state index contributed by atoms with van der Waals surface area (Å²) < 4.78 is 31.1. The van der Waals surface area contributed by atoms with Crippen molar-refractivity contribution in [1.29, 1.82) is 0 Å². The zero-order valence-corrected chi connectivity index (χ0v) is 18.9. The molecule has 0 fully saturated rings. The van der Waals surface area contributed by atoms with Crippen molar-refractivity contribution in [1.82, 2.24) is 9.78 Å². The van der Waals surface area contributed by atoms with Crippen molar-refractivity contribution >= 4 is 48.8 Å². The van der Waals surface area contributed by atoms with Crippen LogP contribution in [-0.2, 0) is 21.9 Å². The Morgan fingerprint density at radius 3 is 2.53 bits per heavy atom. The number of aromatic nitrogens is 2. The molecule has 7 nitrogen and oxygen atoms in total. The molecule has 1 aromatic heterocycles. The normalized spacial score (nSPS) is 13.2. The predicted molar refractivity (Wildman–Crippen MR) is 120 cm³/mol. The van der Waals surface area contributed by atoms with Gasteiger partial charge in [-0.1, -0.05) is 17.7 Å². The van der Waals surface area contributed by atoms with Crippen molar-refractivity contribution in [3.8, 4) is 11.1 Å². The third-order valence-corrected chi connectivity index (χ3v) is 7.17. The molecular weight excluding hydrogens is 468 g/mol. The van der Waals surface area contributed by atoms with Gasteiger partial charge >= 0.3 is 0 Å². The molecule has 0 unspecified atom stereocenters. The number of carbonyl (C=O) groups excluding carboxylic acids is 1. The Bertz CT molecular complexity index is 1320. The number of benzene rings is 2. The average Bonchev–Trinajstić information content (AvgIpc) is 3.23. The van der Waals surface area contributed by atoms with Gasteiger partial charge in [0.25, 0.3) is 15.9 Å². The molecule has 0 aliphatic carbocycles. The van der Waals surface area contributed by atoms with Gasteiger partial charge in [0, 0.05) is 45.7 Å². The van der Waals surface area contributed by atoms with Crippen LogP contribution in [-0.4, -0.2) is 24.1 Å². The van der Waals surface area contributed by atoms with E-state index in [-0.39, 0.29) is 10.8 Å². The van der Waals surface area contributed by atoms with Crippen LogP contribution in [0.3, 0.4) is 0 Å². The van der Waals surface area contributed by atoms with Crippen LogP contribution in [0.2, 0.25) is 0 Å². The number of nitrogens with one attached hydrogen (secondary N) is 2. The minimum absolute atomic E-state index is 0.124. The highest BCUT2D eigenvalue weighted by molar-refractivity contribution is 9.10. The summed E-state index contributed by atoms with van der Waals surface area (Å²) in [4.78, 5) is 12.6. The maximum absolute atomic E-state index is 13.1. The highest BCUT2D eigenvalue weighted by atomic mass is 79.9. The Hall–Kier alpha value is -2.91. The molecule has 9 heteroatoms. The molecule has 1 aliphatic rings. The van der Waals surface area contributed by atoms with Gasteiger partial charge in [0.05, 0.1) is 11.9 Å². The second kappa shape index (κ2) is 7.41. The summed E-state index contributed by atoms with van der Waals surface area (Å²) in [7, 11) is -2.10. The average molecular weight is 487 g/mol. The summed E-state index contributed by atoms with van der Waals surface area (Å²) in [6, 6.07) is 10.1. The standard InChI is InChI=1S/C21H19BrN4O3S/c1-12(2)20-15-9-18(25-30(28,29)19-7-5-4-6-16(19)22)14(8-17(15)24-21(20)27)13-10-23-26(3)11-13/h4-11,25H,1-3H3,(H,24,27). The number of allylic oxidation sites excluding steroid dienone is 1. The molecule has 0 bridgehead atoms.